The Hall–Kier alpha value is -2.55. The van der Waals surface area contributed by atoms with Crippen LogP contribution in [0.2, 0.25) is 0 Å². The van der Waals surface area contributed by atoms with Crippen molar-refractivity contribution < 1.29 is 59.5 Å². The highest BCUT2D eigenvalue weighted by Crippen LogP contribution is 2.45. The molecule has 0 aromatic heterocycles. The zero-order valence-corrected chi connectivity index (χ0v) is 17.7. The third-order valence-electron chi connectivity index (χ3n) is 6.17. The van der Waals surface area contributed by atoms with Gasteiger partial charge in [0.1, 0.15) is 42.0 Å². The summed E-state index contributed by atoms with van der Waals surface area (Å²) < 4.78 is 21.9. The number of rotatable bonds is 6. The molecule has 12 nitrogen and oxygen atoms in total. The molecule has 1 aromatic carbocycles. The molecule has 186 valence electrons. The number of hydrogen-bond acceptors (Lipinski definition) is 12. The number of benzene rings is 1. The third-order valence-corrected chi connectivity index (χ3v) is 6.17. The first kappa shape index (κ1) is 24.6. The van der Waals surface area contributed by atoms with Crippen molar-refractivity contribution >= 4 is 5.97 Å². The monoisotopic (exact) mass is 482 g/mol. The summed E-state index contributed by atoms with van der Waals surface area (Å²) in [4.78, 5) is 12.6. The predicted molar refractivity (Wildman–Crippen MR) is 109 cm³/mol. The van der Waals surface area contributed by atoms with Crippen molar-refractivity contribution in [3.8, 4) is 5.75 Å². The Bertz CT molecular complexity index is 942. The summed E-state index contributed by atoms with van der Waals surface area (Å²) in [6.45, 7) is -1.28. The second kappa shape index (κ2) is 9.98. The quantitative estimate of drug-likeness (QED) is 0.223. The lowest BCUT2D eigenvalue weighted by Crippen LogP contribution is -2.60. The maximum Gasteiger partial charge on any atom is 0.343 e. The Kier molecular flexibility index (Phi) is 7.21. The standard InChI is InChI=1S/C22H26O12/c23-7-12-14-11(15(26)19(12)33-20(30)9-1-3-10(25)4-2-9)5-6-31-21(14)34-22-18(29)17(28)16(27)13(8-24)32-22/h1-6,11,13-18,21-29H,7-8H2/t11-,13-,14+,15+,16-,17+,18-,21+,22+/m1/s1. The summed E-state index contributed by atoms with van der Waals surface area (Å²) in [5.74, 6) is -2.65. The molecule has 9 atom stereocenters. The maximum atomic E-state index is 12.6. The van der Waals surface area contributed by atoms with Crippen molar-refractivity contribution in [2.24, 2.45) is 11.8 Å². The van der Waals surface area contributed by atoms with Crippen LogP contribution >= 0.6 is 0 Å². The fourth-order valence-electron chi connectivity index (χ4n) is 4.32. The Labute approximate surface area is 193 Å². The molecule has 0 unspecified atom stereocenters. The maximum absolute atomic E-state index is 12.6. The number of phenolic OH excluding ortho intramolecular Hbond substituents is 1. The van der Waals surface area contributed by atoms with Crippen molar-refractivity contribution in [3.63, 3.8) is 0 Å². The second-order valence-corrected chi connectivity index (χ2v) is 8.20. The average Bonchev–Trinajstić information content (AvgIpc) is 3.11. The number of esters is 1. The van der Waals surface area contributed by atoms with Gasteiger partial charge in [-0.3, -0.25) is 0 Å². The van der Waals surface area contributed by atoms with Crippen LogP contribution in [0.5, 0.6) is 5.75 Å². The molecule has 1 saturated heterocycles. The molecule has 0 amide bonds. The SMILES string of the molecule is O=C(OC1=C(CO)[C@H]2[C@H](O[C@@H]3O[C@H](CO)[C@@H](O)[C@H](O)[C@H]3O)OC=C[C@H]2[C@@H]1O)c1ccc(O)cc1. The zero-order chi connectivity index (χ0) is 24.6. The van der Waals surface area contributed by atoms with E-state index < -0.39 is 74.1 Å². The predicted octanol–water partition coefficient (Wildman–Crippen LogP) is -1.91. The minimum atomic E-state index is -1.69. The van der Waals surface area contributed by atoms with E-state index in [2.05, 4.69) is 0 Å². The first-order valence-electron chi connectivity index (χ1n) is 10.6. The molecule has 12 heteroatoms. The molecule has 0 saturated carbocycles. The van der Waals surface area contributed by atoms with Crippen molar-refractivity contribution in [3.05, 3.63) is 53.5 Å². The van der Waals surface area contributed by atoms with Gasteiger partial charge in [-0.05, 0) is 30.3 Å². The largest absolute Gasteiger partial charge is 0.508 e. The number of carbonyl (C=O) groups excluding carboxylic acids is 1. The summed E-state index contributed by atoms with van der Waals surface area (Å²) in [5.41, 5.74) is 0.217. The number of aliphatic hydroxyl groups is 6. The number of ether oxygens (including phenoxy) is 4. The molecule has 7 N–H and O–H groups in total. The highest BCUT2D eigenvalue weighted by Gasteiger charge is 2.52. The first-order valence-corrected chi connectivity index (χ1v) is 10.6. The van der Waals surface area contributed by atoms with Gasteiger partial charge in [-0.25, -0.2) is 4.79 Å². The average molecular weight is 482 g/mol. The van der Waals surface area contributed by atoms with E-state index in [4.69, 9.17) is 18.9 Å². The van der Waals surface area contributed by atoms with Gasteiger partial charge in [0.2, 0.25) is 6.29 Å². The van der Waals surface area contributed by atoms with E-state index in [1.807, 2.05) is 0 Å². The lowest BCUT2D eigenvalue weighted by atomic mass is 9.88. The van der Waals surface area contributed by atoms with Crippen molar-refractivity contribution in [2.45, 2.75) is 43.1 Å². The van der Waals surface area contributed by atoms with Crippen LogP contribution in [0.15, 0.2) is 47.9 Å². The van der Waals surface area contributed by atoms with E-state index in [0.29, 0.717) is 0 Å². The van der Waals surface area contributed by atoms with Crippen LogP contribution in [0.3, 0.4) is 0 Å². The van der Waals surface area contributed by atoms with Crippen LogP contribution < -0.4 is 0 Å². The molecule has 1 aromatic rings. The van der Waals surface area contributed by atoms with Crippen molar-refractivity contribution in [1.29, 1.82) is 0 Å². The van der Waals surface area contributed by atoms with Crippen LogP contribution in [0.1, 0.15) is 10.4 Å². The summed E-state index contributed by atoms with van der Waals surface area (Å²) in [6.07, 6.45) is -7.52. The van der Waals surface area contributed by atoms with E-state index in [0.717, 1.165) is 0 Å². The van der Waals surface area contributed by atoms with Gasteiger partial charge in [-0.1, -0.05) is 0 Å². The minimum Gasteiger partial charge on any atom is -0.508 e. The van der Waals surface area contributed by atoms with Crippen LogP contribution in [0.25, 0.3) is 0 Å². The van der Waals surface area contributed by atoms with E-state index in [1.54, 1.807) is 0 Å². The van der Waals surface area contributed by atoms with E-state index >= 15 is 0 Å². The Balaban J connectivity index is 1.56. The highest BCUT2D eigenvalue weighted by atomic mass is 16.8. The summed E-state index contributed by atoms with van der Waals surface area (Å²) in [6, 6.07) is 5.26. The highest BCUT2D eigenvalue weighted by molar-refractivity contribution is 5.90. The molecule has 1 fully saturated rings. The molecule has 0 spiro atoms. The normalized spacial score (nSPS) is 37.3. The fourth-order valence-corrected chi connectivity index (χ4v) is 4.32. The summed E-state index contributed by atoms with van der Waals surface area (Å²) >= 11 is 0. The number of phenols is 1. The molecule has 0 bridgehead atoms. The van der Waals surface area contributed by atoms with Crippen LogP contribution in [-0.4, -0.2) is 98.0 Å². The molecule has 0 radical (unpaired) electrons. The van der Waals surface area contributed by atoms with Gasteiger partial charge in [0.15, 0.2) is 6.29 Å². The molecule has 2 heterocycles. The van der Waals surface area contributed by atoms with Gasteiger partial charge in [-0.2, -0.15) is 0 Å². The van der Waals surface area contributed by atoms with Gasteiger partial charge >= 0.3 is 5.97 Å². The summed E-state index contributed by atoms with van der Waals surface area (Å²) in [5, 5.41) is 69.8. The number of aromatic hydroxyl groups is 1. The Morgan fingerprint density at radius 2 is 1.68 bits per heavy atom. The smallest absolute Gasteiger partial charge is 0.343 e. The molecular formula is C22H26O12. The Morgan fingerprint density at radius 1 is 0.971 bits per heavy atom. The molecule has 3 aliphatic rings. The van der Waals surface area contributed by atoms with Crippen LogP contribution in [0, 0.1) is 11.8 Å². The van der Waals surface area contributed by atoms with Crippen molar-refractivity contribution in [2.75, 3.05) is 13.2 Å². The fraction of sp³-hybridized carbons (Fsp3) is 0.500. The summed E-state index contributed by atoms with van der Waals surface area (Å²) in [7, 11) is 0. The Morgan fingerprint density at radius 3 is 2.32 bits per heavy atom. The molecule has 2 aliphatic heterocycles. The molecule has 4 rings (SSSR count). The number of fused-ring (bicyclic) bond motifs is 1. The van der Waals surface area contributed by atoms with Gasteiger partial charge in [0.05, 0.1) is 31.0 Å². The van der Waals surface area contributed by atoms with Gasteiger partial charge in [0.25, 0.3) is 0 Å². The molecule has 1 aliphatic carbocycles. The van der Waals surface area contributed by atoms with Crippen LogP contribution in [-0.2, 0) is 18.9 Å². The van der Waals surface area contributed by atoms with E-state index in [1.165, 1.54) is 36.6 Å². The lowest BCUT2D eigenvalue weighted by molar-refractivity contribution is -0.339. The van der Waals surface area contributed by atoms with Gasteiger partial charge in [-0.15, -0.1) is 0 Å². The van der Waals surface area contributed by atoms with Crippen LogP contribution in [0.4, 0.5) is 0 Å². The van der Waals surface area contributed by atoms with Gasteiger partial charge < -0.3 is 54.7 Å². The molecular weight excluding hydrogens is 456 g/mol. The molecule has 34 heavy (non-hydrogen) atoms. The number of hydrogen-bond donors (Lipinski definition) is 7. The van der Waals surface area contributed by atoms with E-state index in [-0.39, 0.29) is 22.6 Å². The third kappa shape index (κ3) is 4.42. The minimum absolute atomic E-state index is 0.0470. The number of carbonyl (C=O) groups is 1. The van der Waals surface area contributed by atoms with E-state index in [9.17, 15) is 40.5 Å². The van der Waals surface area contributed by atoms with Gasteiger partial charge in [0, 0.05) is 11.5 Å². The topological polar surface area (TPSA) is 196 Å². The zero-order valence-electron chi connectivity index (χ0n) is 17.7. The first-order chi connectivity index (χ1) is 16.3. The van der Waals surface area contributed by atoms with Crippen molar-refractivity contribution in [1.82, 2.24) is 0 Å². The second-order valence-electron chi connectivity index (χ2n) is 8.20. The lowest BCUT2D eigenvalue weighted by Gasteiger charge is -2.42. The number of aliphatic hydroxyl groups excluding tert-OH is 6.